The Morgan fingerprint density at radius 3 is 2.80 bits per heavy atom. The van der Waals surface area contributed by atoms with E-state index >= 15 is 0 Å². The van der Waals surface area contributed by atoms with Gasteiger partial charge >= 0.3 is 0 Å². The average molecular weight is 273 g/mol. The van der Waals surface area contributed by atoms with Gasteiger partial charge in [-0.1, -0.05) is 18.2 Å². The Kier molecular flexibility index (Phi) is 4.98. The van der Waals surface area contributed by atoms with Crippen molar-refractivity contribution >= 4 is 11.8 Å². The molecular weight excluding hydrogens is 250 g/mol. The maximum atomic E-state index is 5.77. The molecule has 1 aliphatic heterocycles. The van der Waals surface area contributed by atoms with Gasteiger partial charge in [-0.25, -0.2) is 9.98 Å². The SMILES string of the molecule is C=C(C)CNC(N)=NCc1ccc(N2CCCC2)nc1. The predicted molar refractivity (Wildman–Crippen MR) is 83.8 cm³/mol. The van der Waals surface area contributed by atoms with Gasteiger partial charge in [0.1, 0.15) is 5.82 Å². The predicted octanol–water partition coefficient (Wildman–Crippen LogP) is 1.66. The molecule has 1 aromatic heterocycles. The zero-order valence-electron chi connectivity index (χ0n) is 12.1. The summed E-state index contributed by atoms with van der Waals surface area (Å²) >= 11 is 0. The molecular formula is C15H23N5. The number of nitrogens with zero attached hydrogens (tertiary/aromatic N) is 3. The van der Waals surface area contributed by atoms with E-state index < -0.39 is 0 Å². The van der Waals surface area contributed by atoms with Crippen LogP contribution in [0.3, 0.4) is 0 Å². The smallest absolute Gasteiger partial charge is 0.189 e. The molecule has 2 heterocycles. The quantitative estimate of drug-likeness (QED) is 0.486. The van der Waals surface area contributed by atoms with Crippen molar-refractivity contribution in [1.82, 2.24) is 10.3 Å². The van der Waals surface area contributed by atoms with Gasteiger partial charge in [0, 0.05) is 25.8 Å². The Balaban J connectivity index is 1.86. The highest BCUT2D eigenvalue weighted by atomic mass is 15.2. The summed E-state index contributed by atoms with van der Waals surface area (Å²) in [6.07, 6.45) is 4.40. The number of nitrogens with two attached hydrogens (primary N) is 1. The first-order valence-corrected chi connectivity index (χ1v) is 7.03. The highest BCUT2D eigenvalue weighted by Crippen LogP contribution is 2.17. The van der Waals surface area contributed by atoms with Crippen molar-refractivity contribution in [2.24, 2.45) is 10.7 Å². The minimum atomic E-state index is 0.441. The molecule has 0 aliphatic carbocycles. The summed E-state index contributed by atoms with van der Waals surface area (Å²) in [6, 6.07) is 4.13. The van der Waals surface area contributed by atoms with Crippen LogP contribution in [0.1, 0.15) is 25.3 Å². The number of aromatic nitrogens is 1. The molecule has 0 amide bonds. The second-order valence-corrected chi connectivity index (χ2v) is 5.23. The largest absolute Gasteiger partial charge is 0.370 e. The monoisotopic (exact) mass is 273 g/mol. The van der Waals surface area contributed by atoms with Crippen LogP contribution >= 0.6 is 0 Å². The molecule has 1 saturated heterocycles. The Labute approximate surface area is 120 Å². The molecule has 20 heavy (non-hydrogen) atoms. The van der Waals surface area contributed by atoms with Crippen LogP contribution in [0.15, 0.2) is 35.5 Å². The number of hydrogen-bond donors (Lipinski definition) is 2. The number of pyridine rings is 1. The summed E-state index contributed by atoms with van der Waals surface area (Å²) in [7, 11) is 0. The molecule has 0 radical (unpaired) electrons. The van der Waals surface area contributed by atoms with E-state index in [0.717, 1.165) is 30.0 Å². The molecule has 5 nitrogen and oxygen atoms in total. The molecule has 0 spiro atoms. The zero-order valence-corrected chi connectivity index (χ0v) is 12.1. The van der Waals surface area contributed by atoms with Crippen LogP contribution in [0.25, 0.3) is 0 Å². The van der Waals surface area contributed by atoms with Crippen molar-refractivity contribution in [1.29, 1.82) is 0 Å². The Morgan fingerprint density at radius 1 is 1.45 bits per heavy atom. The summed E-state index contributed by atoms with van der Waals surface area (Å²) in [5.41, 5.74) is 7.86. The Bertz CT molecular complexity index is 472. The summed E-state index contributed by atoms with van der Waals surface area (Å²) < 4.78 is 0. The van der Waals surface area contributed by atoms with Gasteiger partial charge in [-0.2, -0.15) is 0 Å². The molecule has 1 aliphatic rings. The van der Waals surface area contributed by atoms with Crippen LogP contribution in [0.4, 0.5) is 5.82 Å². The normalized spacial score (nSPS) is 15.4. The molecule has 0 bridgehead atoms. The number of guanidine groups is 1. The van der Waals surface area contributed by atoms with Crippen molar-refractivity contribution in [3.63, 3.8) is 0 Å². The highest BCUT2D eigenvalue weighted by Gasteiger charge is 2.12. The minimum Gasteiger partial charge on any atom is -0.370 e. The van der Waals surface area contributed by atoms with E-state index in [0.29, 0.717) is 19.0 Å². The highest BCUT2D eigenvalue weighted by molar-refractivity contribution is 5.78. The minimum absolute atomic E-state index is 0.441. The number of nitrogens with one attached hydrogen (secondary N) is 1. The second-order valence-electron chi connectivity index (χ2n) is 5.23. The Morgan fingerprint density at radius 2 is 2.20 bits per heavy atom. The molecule has 1 aromatic rings. The van der Waals surface area contributed by atoms with Gasteiger partial charge in [0.05, 0.1) is 6.54 Å². The second kappa shape index (κ2) is 6.93. The molecule has 0 unspecified atom stereocenters. The van der Waals surface area contributed by atoms with E-state index in [1.165, 1.54) is 12.8 Å². The molecule has 0 saturated carbocycles. The van der Waals surface area contributed by atoms with Crippen LogP contribution in [0.2, 0.25) is 0 Å². The van der Waals surface area contributed by atoms with Crippen LogP contribution < -0.4 is 16.0 Å². The van der Waals surface area contributed by atoms with Gasteiger partial charge in [0.2, 0.25) is 0 Å². The lowest BCUT2D eigenvalue weighted by atomic mass is 10.3. The Hall–Kier alpha value is -2.04. The number of aliphatic imine (C=N–C) groups is 1. The lowest BCUT2D eigenvalue weighted by Crippen LogP contribution is -2.32. The number of anilines is 1. The van der Waals surface area contributed by atoms with Gasteiger partial charge < -0.3 is 16.0 Å². The van der Waals surface area contributed by atoms with Gasteiger partial charge in [-0.3, -0.25) is 0 Å². The van der Waals surface area contributed by atoms with Crippen molar-refractivity contribution < 1.29 is 0 Å². The third kappa shape index (κ3) is 4.26. The lowest BCUT2D eigenvalue weighted by molar-refractivity contribution is 0.919. The molecule has 2 rings (SSSR count). The lowest BCUT2D eigenvalue weighted by Gasteiger charge is -2.16. The third-order valence-electron chi connectivity index (χ3n) is 3.24. The van der Waals surface area contributed by atoms with Gasteiger partial charge in [0.15, 0.2) is 5.96 Å². The van der Waals surface area contributed by atoms with Crippen molar-refractivity contribution in [2.75, 3.05) is 24.5 Å². The van der Waals surface area contributed by atoms with E-state index in [1.54, 1.807) is 0 Å². The molecule has 108 valence electrons. The topological polar surface area (TPSA) is 66.5 Å². The summed E-state index contributed by atoms with van der Waals surface area (Å²) in [6.45, 7) is 9.18. The maximum absolute atomic E-state index is 5.77. The van der Waals surface area contributed by atoms with Gasteiger partial charge in [-0.15, -0.1) is 0 Å². The fraction of sp³-hybridized carbons (Fsp3) is 0.467. The first-order chi connectivity index (χ1) is 9.65. The molecule has 5 heteroatoms. The molecule has 1 fully saturated rings. The first-order valence-electron chi connectivity index (χ1n) is 7.03. The van der Waals surface area contributed by atoms with E-state index in [2.05, 4.69) is 38.9 Å². The van der Waals surface area contributed by atoms with E-state index in [9.17, 15) is 0 Å². The standard InChI is InChI=1S/C15H23N5/c1-12(2)9-18-15(16)19-11-13-5-6-14(17-10-13)20-7-3-4-8-20/h5-6,10H,1,3-4,7-9,11H2,2H3,(H3,16,18,19). The summed E-state index contributed by atoms with van der Waals surface area (Å²) in [4.78, 5) is 11.1. The molecule has 3 N–H and O–H groups in total. The van der Waals surface area contributed by atoms with E-state index in [1.807, 2.05) is 13.1 Å². The fourth-order valence-electron chi connectivity index (χ4n) is 2.12. The summed E-state index contributed by atoms with van der Waals surface area (Å²) in [5.74, 6) is 1.50. The van der Waals surface area contributed by atoms with E-state index in [-0.39, 0.29) is 0 Å². The maximum Gasteiger partial charge on any atom is 0.189 e. The van der Waals surface area contributed by atoms with Crippen molar-refractivity contribution in [2.45, 2.75) is 26.3 Å². The average Bonchev–Trinajstić information content (AvgIpc) is 2.97. The van der Waals surface area contributed by atoms with Crippen LogP contribution in [-0.4, -0.2) is 30.6 Å². The van der Waals surface area contributed by atoms with Crippen LogP contribution in [-0.2, 0) is 6.54 Å². The molecule has 0 atom stereocenters. The van der Waals surface area contributed by atoms with Gasteiger partial charge in [0.25, 0.3) is 0 Å². The zero-order chi connectivity index (χ0) is 14.4. The van der Waals surface area contributed by atoms with Gasteiger partial charge in [-0.05, 0) is 31.4 Å². The number of rotatable bonds is 5. The molecule has 0 aromatic carbocycles. The van der Waals surface area contributed by atoms with Crippen molar-refractivity contribution in [3.8, 4) is 0 Å². The first kappa shape index (κ1) is 14.4. The van der Waals surface area contributed by atoms with Crippen LogP contribution in [0.5, 0.6) is 0 Å². The van der Waals surface area contributed by atoms with E-state index in [4.69, 9.17) is 5.73 Å². The summed E-state index contributed by atoms with van der Waals surface area (Å²) in [5, 5.41) is 3.01. The number of hydrogen-bond acceptors (Lipinski definition) is 3. The van der Waals surface area contributed by atoms with Crippen molar-refractivity contribution in [3.05, 3.63) is 36.0 Å². The third-order valence-corrected chi connectivity index (χ3v) is 3.24. The fourth-order valence-corrected chi connectivity index (χ4v) is 2.12. The van der Waals surface area contributed by atoms with Crippen LogP contribution in [0, 0.1) is 0 Å².